The van der Waals surface area contributed by atoms with Gasteiger partial charge in [0.15, 0.2) is 0 Å². The highest BCUT2D eigenvalue weighted by atomic mass is 16.3. The van der Waals surface area contributed by atoms with Crippen LogP contribution in [0, 0.1) is 0 Å². The van der Waals surface area contributed by atoms with Gasteiger partial charge < -0.3 is 10.2 Å². The molecule has 0 heterocycles. The fourth-order valence-electron chi connectivity index (χ4n) is 1.46. The summed E-state index contributed by atoms with van der Waals surface area (Å²) in [7, 11) is 0. The minimum Gasteiger partial charge on any atom is -0.389 e. The molecule has 0 saturated carbocycles. The summed E-state index contributed by atoms with van der Waals surface area (Å²) in [5.74, 6) is 0. The molecule has 0 radical (unpaired) electrons. The van der Waals surface area contributed by atoms with Crippen LogP contribution in [0.1, 0.15) is 37.2 Å². The molecule has 0 aromatic heterocycles. The zero-order chi connectivity index (χ0) is 13.4. The van der Waals surface area contributed by atoms with E-state index in [1.807, 2.05) is 60.7 Å². The highest BCUT2D eigenvalue weighted by Gasteiger charge is 1.95. The molecular formula is C16H20O2. The van der Waals surface area contributed by atoms with Crippen LogP contribution in [0.25, 0.3) is 0 Å². The zero-order valence-electron chi connectivity index (χ0n) is 10.8. The Labute approximate surface area is 109 Å². The Morgan fingerprint density at radius 2 is 0.889 bits per heavy atom. The lowest BCUT2D eigenvalue weighted by Crippen LogP contribution is -1.87. The first-order valence-corrected chi connectivity index (χ1v) is 6.07. The molecule has 0 bridgehead atoms. The van der Waals surface area contributed by atoms with Crippen molar-refractivity contribution in [3.8, 4) is 0 Å². The lowest BCUT2D eigenvalue weighted by atomic mass is 10.1. The number of hydrogen-bond donors (Lipinski definition) is 2. The maximum atomic E-state index is 9.02. The zero-order valence-corrected chi connectivity index (χ0v) is 10.8. The molecule has 2 heteroatoms. The molecule has 2 atom stereocenters. The van der Waals surface area contributed by atoms with Crippen molar-refractivity contribution in [1.82, 2.24) is 0 Å². The van der Waals surface area contributed by atoms with E-state index in [1.165, 1.54) is 0 Å². The van der Waals surface area contributed by atoms with Gasteiger partial charge >= 0.3 is 0 Å². The van der Waals surface area contributed by atoms with Gasteiger partial charge in [0.25, 0.3) is 0 Å². The third kappa shape index (κ3) is 5.13. The van der Waals surface area contributed by atoms with Crippen molar-refractivity contribution in [2.45, 2.75) is 26.1 Å². The summed E-state index contributed by atoms with van der Waals surface area (Å²) < 4.78 is 0. The van der Waals surface area contributed by atoms with Gasteiger partial charge in [-0.3, -0.25) is 0 Å². The third-order valence-electron chi connectivity index (χ3n) is 2.56. The molecule has 96 valence electrons. The monoisotopic (exact) mass is 244 g/mol. The highest BCUT2D eigenvalue weighted by Crippen LogP contribution is 2.09. The van der Waals surface area contributed by atoms with Gasteiger partial charge in [-0.25, -0.2) is 0 Å². The van der Waals surface area contributed by atoms with Gasteiger partial charge in [-0.1, -0.05) is 60.7 Å². The van der Waals surface area contributed by atoms with Gasteiger partial charge in [-0.05, 0) is 25.0 Å². The van der Waals surface area contributed by atoms with E-state index in [0.29, 0.717) is 0 Å². The minimum atomic E-state index is -0.341. The van der Waals surface area contributed by atoms with Gasteiger partial charge in [-0.2, -0.15) is 0 Å². The summed E-state index contributed by atoms with van der Waals surface area (Å²) in [4.78, 5) is 0. The topological polar surface area (TPSA) is 40.5 Å². The summed E-state index contributed by atoms with van der Waals surface area (Å²) in [5.41, 5.74) is 1.94. The Morgan fingerprint density at radius 3 is 1.06 bits per heavy atom. The third-order valence-corrected chi connectivity index (χ3v) is 2.56. The Hall–Kier alpha value is -1.64. The van der Waals surface area contributed by atoms with Crippen molar-refractivity contribution in [2.75, 3.05) is 0 Å². The van der Waals surface area contributed by atoms with Gasteiger partial charge in [-0.15, -0.1) is 0 Å². The van der Waals surface area contributed by atoms with Gasteiger partial charge in [0.2, 0.25) is 0 Å². The average Bonchev–Trinajstić information content (AvgIpc) is 2.41. The fraction of sp³-hybridized carbons (Fsp3) is 0.250. The van der Waals surface area contributed by atoms with Crippen LogP contribution < -0.4 is 0 Å². The summed E-state index contributed by atoms with van der Waals surface area (Å²) >= 11 is 0. The van der Waals surface area contributed by atoms with E-state index in [-0.39, 0.29) is 12.2 Å². The van der Waals surface area contributed by atoms with E-state index < -0.39 is 0 Å². The lowest BCUT2D eigenvalue weighted by molar-refractivity contribution is 0.199. The minimum absolute atomic E-state index is 0.341. The fourth-order valence-corrected chi connectivity index (χ4v) is 1.46. The number of benzene rings is 2. The lowest BCUT2D eigenvalue weighted by Gasteiger charge is -2.00. The molecule has 1 unspecified atom stereocenters. The summed E-state index contributed by atoms with van der Waals surface area (Å²) in [6.07, 6.45) is -0.683. The Kier molecular flexibility index (Phi) is 6.12. The maximum absolute atomic E-state index is 9.02. The van der Waals surface area contributed by atoms with Gasteiger partial charge in [0.05, 0.1) is 12.2 Å². The van der Waals surface area contributed by atoms with Crippen LogP contribution in [0.5, 0.6) is 0 Å². The Bertz CT molecular complexity index is 378. The van der Waals surface area contributed by atoms with Crippen molar-refractivity contribution < 1.29 is 10.2 Å². The van der Waals surface area contributed by atoms with E-state index in [4.69, 9.17) is 10.2 Å². The quantitative estimate of drug-likeness (QED) is 0.849. The molecule has 2 aromatic rings. The van der Waals surface area contributed by atoms with Crippen LogP contribution in [0.4, 0.5) is 0 Å². The van der Waals surface area contributed by atoms with Crippen LogP contribution in [-0.4, -0.2) is 10.2 Å². The normalized spacial score (nSPS) is 13.1. The summed E-state index contributed by atoms with van der Waals surface area (Å²) in [5, 5.41) is 18.0. The second-order valence-electron chi connectivity index (χ2n) is 4.17. The summed E-state index contributed by atoms with van der Waals surface area (Å²) in [6.45, 7) is 3.52. The van der Waals surface area contributed by atoms with Crippen LogP contribution >= 0.6 is 0 Å². The van der Waals surface area contributed by atoms with E-state index in [9.17, 15) is 0 Å². The number of rotatable bonds is 2. The van der Waals surface area contributed by atoms with Crippen molar-refractivity contribution in [1.29, 1.82) is 0 Å². The van der Waals surface area contributed by atoms with Crippen molar-refractivity contribution >= 4 is 0 Å². The first-order chi connectivity index (χ1) is 8.61. The second kappa shape index (κ2) is 7.64. The van der Waals surface area contributed by atoms with E-state index >= 15 is 0 Å². The molecule has 0 aliphatic carbocycles. The average molecular weight is 244 g/mol. The maximum Gasteiger partial charge on any atom is 0.0761 e. The highest BCUT2D eigenvalue weighted by molar-refractivity contribution is 5.16. The molecule has 0 saturated heterocycles. The van der Waals surface area contributed by atoms with Gasteiger partial charge in [0.1, 0.15) is 0 Å². The molecule has 0 aliphatic heterocycles. The molecule has 0 fully saturated rings. The second-order valence-corrected chi connectivity index (χ2v) is 4.17. The summed E-state index contributed by atoms with van der Waals surface area (Å²) in [6, 6.07) is 19.2. The van der Waals surface area contributed by atoms with E-state index in [2.05, 4.69) is 0 Å². The standard InChI is InChI=1S/2C8H10O/c2*1-7(9)8-5-3-2-4-6-8/h2*2-7,9H,1H3/t7-;/m0./s1. The number of hydrogen-bond acceptors (Lipinski definition) is 2. The van der Waals surface area contributed by atoms with Crippen LogP contribution in [0.15, 0.2) is 60.7 Å². The smallest absolute Gasteiger partial charge is 0.0761 e. The Balaban J connectivity index is 0.000000180. The van der Waals surface area contributed by atoms with E-state index in [0.717, 1.165) is 11.1 Å². The molecule has 18 heavy (non-hydrogen) atoms. The molecule has 0 amide bonds. The first kappa shape index (κ1) is 14.4. The largest absolute Gasteiger partial charge is 0.389 e. The number of aliphatic hydroxyl groups excluding tert-OH is 2. The van der Waals surface area contributed by atoms with Crippen LogP contribution in [-0.2, 0) is 0 Å². The molecular weight excluding hydrogens is 224 g/mol. The van der Waals surface area contributed by atoms with Gasteiger partial charge in [0, 0.05) is 0 Å². The number of aliphatic hydroxyl groups is 2. The van der Waals surface area contributed by atoms with Crippen LogP contribution in [0.3, 0.4) is 0 Å². The molecule has 2 aromatic carbocycles. The molecule has 2 rings (SSSR count). The van der Waals surface area contributed by atoms with Crippen molar-refractivity contribution in [2.24, 2.45) is 0 Å². The molecule has 2 nitrogen and oxygen atoms in total. The van der Waals surface area contributed by atoms with Crippen molar-refractivity contribution in [3.63, 3.8) is 0 Å². The van der Waals surface area contributed by atoms with Crippen molar-refractivity contribution in [3.05, 3.63) is 71.8 Å². The molecule has 0 spiro atoms. The SMILES string of the molecule is CC(O)c1ccccc1.C[C@H](O)c1ccccc1. The van der Waals surface area contributed by atoms with E-state index in [1.54, 1.807) is 13.8 Å². The predicted octanol–water partition coefficient (Wildman–Crippen LogP) is 3.48. The van der Waals surface area contributed by atoms with Crippen LogP contribution in [0.2, 0.25) is 0 Å². The first-order valence-electron chi connectivity index (χ1n) is 6.07. The Morgan fingerprint density at radius 1 is 0.611 bits per heavy atom. The molecule has 0 aliphatic rings. The predicted molar refractivity (Wildman–Crippen MR) is 74.2 cm³/mol. The molecule has 2 N–H and O–H groups in total.